The highest BCUT2D eigenvalue weighted by Crippen LogP contribution is 2.40. The number of hydrogen-bond donors (Lipinski definition) is 2. The van der Waals surface area contributed by atoms with E-state index in [1.54, 1.807) is 24.3 Å². The van der Waals surface area contributed by atoms with Gasteiger partial charge in [-0.25, -0.2) is 4.79 Å². The predicted octanol–water partition coefficient (Wildman–Crippen LogP) is 7.47. The molecule has 1 aliphatic heterocycles. The van der Waals surface area contributed by atoms with Gasteiger partial charge in [0, 0.05) is 23.8 Å². The van der Waals surface area contributed by atoms with Crippen molar-refractivity contribution in [3.8, 4) is 28.7 Å². The number of carboxylic acid groups (broad SMARTS) is 1. The lowest BCUT2D eigenvalue weighted by Crippen LogP contribution is -2.08. The van der Waals surface area contributed by atoms with Gasteiger partial charge < -0.3 is 24.4 Å². The van der Waals surface area contributed by atoms with Crippen molar-refractivity contribution in [3.05, 3.63) is 76.9 Å². The third-order valence-electron chi connectivity index (χ3n) is 6.69. The summed E-state index contributed by atoms with van der Waals surface area (Å²) in [5.74, 6) is 4.28. The van der Waals surface area contributed by atoms with Crippen LogP contribution in [0.15, 0.2) is 54.6 Å². The maximum Gasteiger partial charge on any atom is 0.339 e. The molecule has 4 rings (SSSR count). The summed E-state index contributed by atoms with van der Waals surface area (Å²) >= 11 is 1.94. The molecule has 1 heterocycles. The van der Waals surface area contributed by atoms with Crippen LogP contribution < -0.4 is 14.2 Å². The zero-order valence-corrected chi connectivity index (χ0v) is 22.9. The lowest BCUT2D eigenvalue weighted by atomic mass is 9.94. The molecular weight excluding hydrogens is 500 g/mol. The topological polar surface area (TPSA) is 85.2 Å². The number of aromatic hydroxyl groups is 1. The number of carbonyl (C=O) groups is 1. The van der Waals surface area contributed by atoms with Gasteiger partial charge in [0.1, 0.15) is 34.3 Å². The van der Waals surface area contributed by atoms with Gasteiger partial charge in [-0.3, -0.25) is 0 Å². The molecule has 0 amide bonds. The fourth-order valence-electron chi connectivity index (χ4n) is 4.70. The van der Waals surface area contributed by atoms with Gasteiger partial charge in [0.25, 0.3) is 0 Å². The maximum absolute atomic E-state index is 11.6. The molecule has 1 unspecified atom stereocenters. The number of benzene rings is 3. The number of ether oxygens (including phenoxy) is 3. The van der Waals surface area contributed by atoms with E-state index < -0.39 is 5.97 Å². The van der Waals surface area contributed by atoms with E-state index in [9.17, 15) is 15.0 Å². The second kappa shape index (κ2) is 13.5. The summed E-state index contributed by atoms with van der Waals surface area (Å²) in [5, 5.41) is 20.1. The first-order chi connectivity index (χ1) is 18.5. The van der Waals surface area contributed by atoms with Crippen LogP contribution in [-0.2, 0) is 12.8 Å². The number of hydrogen-bond acceptors (Lipinski definition) is 6. The Labute approximate surface area is 228 Å². The molecule has 1 saturated heterocycles. The van der Waals surface area contributed by atoms with Crippen molar-refractivity contribution in [2.75, 3.05) is 24.7 Å². The molecule has 38 heavy (non-hydrogen) atoms. The third-order valence-corrected chi connectivity index (χ3v) is 7.85. The number of para-hydroxylation sites is 1. The Morgan fingerprint density at radius 2 is 1.71 bits per heavy atom. The van der Waals surface area contributed by atoms with Gasteiger partial charge in [0.05, 0.1) is 13.2 Å². The van der Waals surface area contributed by atoms with E-state index in [1.807, 2.05) is 30.0 Å². The van der Waals surface area contributed by atoms with Gasteiger partial charge in [0.15, 0.2) is 0 Å². The molecule has 3 aromatic carbocycles. The molecule has 6 nitrogen and oxygen atoms in total. The molecule has 1 fully saturated rings. The molecule has 0 radical (unpaired) electrons. The van der Waals surface area contributed by atoms with Crippen LogP contribution in [0.25, 0.3) is 0 Å². The minimum Gasteiger partial charge on any atom is -0.508 e. The summed E-state index contributed by atoms with van der Waals surface area (Å²) in [6.07, 6.45) is 4.25. The van der Waals surface area contributed by atoms with E-state index in [2.05, 4.69) is 19.9 Å². The fourth-order valence-corrected chi connectivity index (χ4v) is 5.95. The summed E-state index contributed by atoms with van der Waals surface area (Å²) in [7, 11) is 0. The van der Waals surface area contributed by atoms with Crippen molar-refractivity contribution in [1.29, 1.82) is 0 Å². The van der Waals surface area contributed by atoms with E-state index in [4.69, 9.17) is 14.2 Å². The number of thioether (sulfide) groups is 1. The first kappa shape index (κ1) is 27.7. The van der Waals surface area contributed by atoms with Crippen LogP contribution in [0.2, 0.25) is 0 Å². The van der Waals surface area contributed by atoms with E-state index >= 15 is 0 Å². The fraction of sp³-hybridized carbons (Fsp3) is 0.387. The first-order valence-electron chi connectivity index (χ1n) is 13.3. The minimum atomic E-state index is -1.03. The minimum absolute atomic E-state index is 0.117. The normalized spacial score (nSPS) is 14.8. The van der Waals surface area contributed by atoms with E-state index in [1.165, 1.54) is 6.07 Å². The van der Waals surface area contributed by atoms with Crippen LogP contribution in [0.3, 0.4) is 0 Å². The molecule has 3 aromatic rings. The average molecular weight is 537 g/mol. The molecule has 1 atom stereocenters. The highest BCUT2D eigenvalue weighted by atomic mass is 32.2. The number of phenolic OH excluding ortho intramolecular Hbond substituents is 1. The number of aryl methyl sites for hydroxylation is 1. The van der Waals surface area contributed by atoms with Crippen LogP contribution in [0.1, 0.15) is 66.1 Å². The van der Waals surface area contributed by atoms with Gasteiger partial charge in [-0.05, 0) is 72.4 Å². The molecule has 0 saturated carbocycles. The van der Waals surface area contributed by atoms with Crippen molar-refractivity contribution in [2.45, 2.75) is 51.9 Å². The molecule has 2 N–H and O–H groups in total. The van der Waals surface area contributed by atoms with Gasteiger partial charge in [0.2, 0.25) is 0 Å². The average Bonchev–Trinajstić information content (AvgIpc) is 3.45. The maximum atomic E-state index is 11.6. The Bertz CT molecular complexity index is 1240. The van der Waals surface area contributed by atoms with Gasteiger partial charge in [-0.15, -0.1) is 0 Å². The summed E-state index contributed by atoms with van der Waals surface area (Å²) in [5.41, 5.74) is 3.19. The Hall–Kier alpha value is -3.32. The lowest BCUT2D eigenvalue weighted by Gasteiger charge is -2.18. The molecular formula is C31H36O6S. The molecule has 0 aromatic heterocycles. The summed E-state index contributed by atoms with van der Waals surface area (Å²) in [6.45, 7) is 5.11. The van der Waals surface area contributed by atoms with Crippen LogP contribution in [0.5, 0.6) is 28.7 Å². The summed E-state index contributed by atoms with van der Waals surface area (Å²) in [4.78, 5) is 11.6. The molecule has 202 valence electrons. The second-order valence-corrected chi connectivity index (χ2v) is 10.5. The van der Waals surface area contributed by atoms with Crippen molar-refractivity contribution in [2.24, 2.45) is 0 Å². The Morgan fingerprint density at radius 3 is 2.42 bits per heavy atom. The highest BCUT2D eigenvalue weighted by molar-refractivity contribution is 7.99. The van der Waals surface area contributed by atoms with E-state index in [-0.39, 0.29) is 5.56 Å². The zero-order chi connectivity index (χ0) is 26.9. The van der Waals surface area contributed by atoms with E-state index in [0.29, 0.717) is 42.8 Å². The third kappa shape index (κ3) is 6.76. The van der Waals surface area contributed by atoms with Crippen LogP contribution >= 0.6 is 11.8 Å². The highest BCUT2D eigenvalue weighted by Gasteiger charge is 2.22. The number of rotatable bonds is 13. The van der Waals surface area contributed by atoms with Crippen molar-refractivity contribution in [1.82, 2.24) is 0 Å². The monoisotopic (exact) mass is 536 g/mol. The first-order valence-corrected chi connectivity index (χ1v) is 14.5. The molecule has 0 spiro atoms. The quantitative estimate of drug-likeness (QED) is 0.219. The van der Waals surface area contributed by atoms with Crippen molar-refractivity contribution >= 4 is 17.7 Å². The Kier molecular flexibility index (Phi) is 9.82. The predicted molar refractivity (Wildman–Crippen MR) is 152 cm³/mol. The summed E-state index contributed by atoms with van der Waals surface area (Å²) < 4.78 is 18.2. The van der Waals surface area contributed by atoms with Gasteiger partial charge in [-0.2, -0.15) is 11.8 Å². The second-order valence-electron chi connectivity index (χ2n) is 9.37. The number of phenols is 1. The Balaban J connectivity index is 1.38. The molecule has 1 aliphatic rings. The van der Waals surface area contributed by atoms with E-state index in [0.717, 1.165) is 65.4 Å². The Morgan fingerprint density at radius 1 is 0.974 bits per heavy atom. The number of carboxylic acids is 1. The van der Waals surface area contributed by atoms with Crippen molar-refractivity contribution < 1.29 is 29.2 Å². The van der Waals surface area contributed by atoms with Crippen molar-refractivity contribution in [3.63, 3.8) is 0 Å². The number of aromatic carboxylic acids is 1. The van der Waals surface area contributed by atoms with Gasteiger partial charge in [-0.1, -0.05) is 38.5 Å². The smallest absolute Gasteiger partial charge is 0.339 e. The van der Waals surface area contributed by atoms with Crippen LogP contribution in [-0.4, -0.2) is 40.9 Å². The van der Waals surface area contributed by atoms with Crippen LogP contribution in [0, 0.1) is 0 Å². The van der Waals surface area contributed by atoms with Gasteiger partial charge >= 0.3 is 5.97 Å². The standard InChI is InChI=1S/C31H36O6S/c1-3-9-23-27(12-7-13-28(23)37-29-11-6-5-10-24(29)31(33)34)35-15-8-16-36-30-19-26(32)25(18-21(30)4-2)22-14-17-38-20-22/h5-7,10-13,18-19,22,32H,3-4,8-9,14-17,20H2,1-2H3,(H,33,34). The largest absolute Gasteiger partial charge is 0.508 e. The molecule has 0 bridgehead atoms. The molecule has 0 aliphatic carbocycles. The SMILES string of the molecule is CCCc1c(OCCCOc2cc(O)c(C3CCSC3)cc2CC)cccc1Oc1ccccc1C(=O)O. The van der Waals surface area contributed by atoms with Crippen LogP contribution in [0.4, 0.5) is 0 Å². The zero-order valence-electron chi connectivity index (χ0n) is 22.1. The molecule has 7 heteroatoms. The summed E-state index contributed by atoms with van der Waals surface area (Å²) in [6, 6.07) is 16.1. The lowest BCUT2D eigenvalue weighted by molar-refractivity contribution is 0.0694.